The Hall–Kier alpha value is -2.69. The lowest BCUT2D eigenvalue weighted by atomic mass is 10.1. The lowest BCUT2D eigenvalue weighted by Gasteiger charge is -2.34. The molecule has 0 aliphatic carbocycles. The average molecular weight is 421 g/mol. The average Bonchev–Trinajstić information content (AvgIpc) is 2.74. The van der Waals surface area contributed by atoms with Crippen molar-refractivity contribution in [3.05, 3.63) is 58.1 Å². The fourth-order valence-electron chi connectivity index (χ4n) is 3.28. The molecule has 0 radical (unpaired) electrons. The molecule has 0 aromatic heterocycles. The van der Waals surface area contributed by atoms with Crippen LogP contribution in [0.2, 0.25) is 0 Å². The van der Waals surface area contributed by atoms with Gasteiger partial charge >= 0.3 is 0 Å². The Labute approximate surface area is 169 Å². The van der Waals surface area contributed by atoms with Gasteiger partial charge in [-0.15, -0.1) is 0 Å². The number of methoxy groups -OCH3 is 2. The molecule has 2 aromatic rings. The van der Waals surface area contributed by atoms with Crippen LogP contribution in [0.1, 0.15) is 5.56 Å². The number of nitro benzene ring substituents is 1. The number of hydrogen-bond donors (Lipinski definition) is 0. The Morgan fingerprint density at radius 3 is 2.38 bits per heavy atom. The monoisotopic (exact) mass is 421 g/mol. The van der Waals surface area contributed by atoms with Gasteiger partial charge in [0.15, 0.2) is 0 Å². The Kier molecular flexibility index (Phi) is 6.36. The van der Waals surface area contributed by atoms with E-state index >= 15 is 0 Å². The number of rotatable bonds is 7. The molecule has 0 spiro atoms. The van der Waals surface area contributed by atoms with Crippen LogP contribution in [0.25, 0.3) is 0 Å². The molecule has 1 heterocycles. The Balaban J connectivity index is 1.69. The summed E-state index contributed by atoms with van der Waals surface area (Å²) in [4.78, 5) is 12.4. The molecule has 0 bridgehead atoms. The lowest BCUT2D eigenvalue weighted by molar-refractivity contribution is -0.385. The first-order chi connectivity index (χ1) is 13.8. The van der Waals surface area contributed by atoms with Crippen LogP contribution in [0.5, 0.6) is 11.5 Å². The molecule has 0 saturated carbocycles. The third-order valence-electron chi connectivity index (χ3n) is 4.88. The Morgan fingerprint density at radius 1 is 1.03 bits per heavy atom. The van der Waals surface area contributed by atoms with Crippen molar-refractivity contribution in [3.8, 4) is 11.5 Å². The number of nitrogens with zero attached hydrogens (tertiary/aromatic N) is 3. The standard InChI is InChI=1S/C19H23N3O6S/c1-27-17-6-7-19(28-2)15(12-17)14-20-8-10-21(11-9-20)29(25,26)18-5-3-4-16(13-18)22(23)24/h3-7,12-13H,8-11,14H2,1-2H3. The van der Waals surface area contributed by atoms with Gasteiger partial charge in [-0.25, -0.2) is 8.42 Å². The molecular weight excluding hydrogens is 398 g/mol. The van der Waals surface area contributed by atoms with Gasteiger partial charge in [-0.1, -0.05) is 6.07 Å². The lowest BCUT2D eigenvalue weighted by Crippen LogP contribution is -2.48. The zero-order valence-corrected chi connectivity index (χ0v) is 17.1. The smallest absolute Gasteiger partial charge is 0.270 e. The number of ether oxygens (including phenoxy) is 2. The molecule has 3 rings (SSSR count). The Morgan fingerprint density at radius 2 is 1.76 bits per heavy atom. The maximum Gasteiger partial charge on any atom is 0.270 e. The van der Waals surface area contributed by atoms with Crippen molar-refractivity contribution in [2.75, 3.05) is 40.4 Å². The summed E-state index contributed by atoms with van der Waals surface area (Å²) in [5.74, 6) is 1.48. The van der Waals surface area contributed by atoms with E-state index < -0.39 is 14.9 Å². The van der Waals surface area contributed by atoms with Crippen LogP contribution in [0, 0.1) is 10.1 Å². The van der Waals surface area contributed by atoms with Gasteiger partial charge in [0.25, 0.3) is 5.69 Å². The molecule has 10 heteroatoms. The zero-order valence-electron chi connectivity index (χ0n) is 16.3. The van der Waals surface area contributed by atoms with Crippen molar-refractivity contribution in [1.82, 2.24) is 9.21 Å². The van der Waals surface area contributed by atoms with Gasteiger partial charge in [0.1, 0.15) is 11.5 Å². The molecule has 0 amide bonds. The van der Waals surface area contributed by atoms with E-state index in [1.165, 1.54) is 22.5 Å². The molecule has 0 N–H and O–H groups in total. The Bertz CT molecular complexity index is 987. The van der Waals surface area contributed by atoms with Crippen molar-refractivity contribution in [1.29, 1.82) is 0 Å². The highest BCUT2D eigenvalue weighted by Crippen LogP contribution is 2.27. The summed E-state index contributed by atoms with van der Waals surface area (Å²) in [6.07, 6.45) is 0. The van der Waals surface area contributed by atoms with Gasteiger partial charge < -0.3 is 9.47 Å². The predicted octanol–water partition coefficient (Wildman–Crippen LogP) is 2.12. The first-order valence-electron chi connectivity index (χ1n) is 9.03. The second-order valence-electron chi connectivity index (χ2n) is 6.61. The molecule has 9 nitrogen and oxygen atoms in total. The second-order valence-corrected chi connectivity index (χ2v) is 8.55. The minimum absolute atomic E-state index is 0.0605. The summed E-state index contributed by atoms with van der Waals surface area (Å²) in [5, 5.41) is 10.9. The van der Waals surface area contributed by atoms with Crippen LogP contribution in [0.3, 0.4) is 0 Å². The molecule has 0 atom stereocenters. The fraction of sp³-hybridized carbons (Fsp3) is 0.368. The third-order valence-corrected chi connectivity index (χ3v) is 6.77. The van der Waals surface area contributed by atoms with Gasteiger partial charge in [-0.3, -0.25) is 15.0 Å². The van der Waals surface area contributed by atoms with Gasteiger partial charge in [0.2, 0.25) is 10.0 Å². The van der Waals surface area contributed by atoms with Crippen LogP contribution in [-0.4, -0.2) is 62.9 Å². The summed E-state index contributed by atoms with van der Waals surface area (Å²) < 4.78 is 37.8. The van der Waals surface area contributed by atoms with E-state index in [1.807, 2.05) is 18.2 Å². The first kappa shape index (κ1) is 21.0. The summed E-state index contributed by atoms with van der Waals surface area (Å²) >= 11 is 0. The summed E-state index contributed by atoms with van der Waals surface area (Å²) in [5.41, 5.74) is 0.719. The van der Waals surface area contributed by atoms with E-state index in [4.69, 9.17) is 9.47 Å². The highest BCUT2D eigenvalue weighted by atomic mass is 32.2. The predicted molar refractivity (Wildman–Crippen MR) is 107 cm³/mol. The van der Waals surface area contributed by atoms with Crippen molar-refractivity contribution in [2.45, 2.75) is 11.4 Å². The molecule has 1 saturated heterocycles. The van der Waals surface area contributed by atoms with Crippen LogP contribution in [0.15, 0.2) is 47.4 Å². The number of piperazine rings is 1. The van der Waals surface area contributed by atoms with Crippen LogP contribution in [0.4, 0.5) is 5.69 Å². The van der Waals surface area contributed by atoms with Gasteiger partial charge in [-0.05, 0) is 24.3 Å². The van der Waals surface area contributed by atoms with E-state index in [0.717, 1.165) is 23.1 Å². The van der Waals surface area contributed by atoms with Gasteiger partial charge in [-0.2, -0.15) is 4.31 Å². The van der Waals surface area contributed by atoms with Gasteiger partial charge in [0.05, 0.1) is 24.0 Å². The molecule has 1 aliphatic rings. The summed E-state index contributed by atoms with van der Waals surface area (Å²) in [6.45, 7) is 2.28. The van der Waals surface area contributed by atoms with Crippen molar-refractivity contribution in [2.24, 2.45) is 0 Å². The minimum atomic E-state index is -3.78. The topological polar surface area (TPSA) is 102 Å². The number of nitro groups is 1. The second kappa shape index (κ2) is 8.76. The van der Waals surface area contributed by atoms with Crippen LogP contribution in [-0.2, 0) is 16.6 Å². The maximum atomic E-state index is 12.9. The molecule has 2 aromatic carbocycles. The van der Waals surface area contributed by atoms with E-state index in [0.29, 0.717) is 32.7 Å². The number of sulfonamides is 1. The van der Waals surface area contributed by atoms with Crippen LogP contribution < -0.4 is 9.47 Å². The highest BCUT2D eigenvalue weighted by Gasteiger charge is 2.29. The number of benzene rings is 2. The van der Waals surface area contributed by atoms with Gasteiger partial charge in [0, 0.05) is 50.4 Å². The largest absolute Gasteiger partial charge is 0.497 e. The van der Waals surface area contributed by atoms with E-state index in [9.17, 15) is 18.5 Å². The third kappa shape index (κ3) is 4.66. The fourth-order valence-corrected chi connectivity index (χ4v) is 4.74. The molecule has 29 heavy (non-hydrogen) atoms. The molecule has 1 aliphatic heterocycles. The number of hydrogen-bond acceptors (Lipinski definition) is 7. The van der Waals surface area contributed by atoms with Crippen molar-refractivity contribution >= 4 is 15.7 Å². The normalized spacial score (nSPS) is 15.8. The minimum Gasteiger partial charge on any atom is -0.497 e. The number of non-ortho nitro benzene ring substituents is 1. The molecule has 156 valence electrons. The first-order valence-corrected chi connectivity index (χ1v) is 10.5. The quantitative estimate of drug-likeness (QED) is 0.498. The zero-order chi connectivity index (χ0) is 21.0. The van der Waals surface area contributed by atoms with E-state index in [-0.39, 0.29) is 10.6 Å². The van der Waals surface area contributed by atoms with Crippen molar-refractivity contribution in [3.63, 3.8) is 0 Å². The van der Waals surface area contributed by atoms with Crippen molar-refractivity contribution < 1.29 is 22.8 Å². The molecule has 0 unspecified atom stereocenters. The highest BCUT2D eigenvalue weighted by molar-refractivity contribution is 7.89. The SMILES string of the molecule is COc1ccc(OC)c(CN2CCN(S(=O)(=O)c3cccc([N+](=O)[O-])c3)CC2)c1. The summed E-state index contributed by atoms with van der Waals surface area (Å²) in [7, 11) is -0.574. The molecule has 1 fully saturated rings. The van der Waals surface area contributed by atoms with E-state index in [1.54, 1.807) is 14.2 Å². The summed E-state index contributed by atoms with van der Waals surface area (Å²) in [6, 6.07) is 10.7. The van der Waals surface area contributed by atoms with Crippen LogP contribution >= 0.6 is 0 Å². The maximum absolute atomic E-state index is 12.9. The molecular formula is C19H23N3O6S. The van der Waals surface area contributed by atoms with E-state index in [2.05, 4.69) is 4.90 Å².